The maximum absolute atomic E-state index is 11.2. The van der Waals surface area contributed by atoms with Gasteiger partial charge in [-0.05, 0) is 6.42 Å². The molecule has 5 heteroatoms. The fraction of sp³-hybridized carbons (Fsp3) is 1.00. The smallest absolute Gasteiger partial charge is 0.212 e. The fourth-order valence-corrected chi connectivity index (χ4v) is 2.72. The standard InChI is InChI=1S/C10H22ClNO2S/c1-2-3-4-5-6-7-9-12-15(13,14)10-8-11/h12H,2-10H2,1H3. The zero-order chi connectivity index (χ0) is 11.6. The minimum absolute atomic E-state index is 0.0182. The summed E-state index contributed by atoms with van der Waals surface area (Å²) in [6.45, 7) is 2.73. The van der Waals surface area contributed by atoms with Gasteiger partial charge in [-0.1, -0.05) is 39.0 Å². The van der Waals surface area contributed by atoms with Crippen molar-refractivity contribution in [2.24, 2.45) is 0 Å². The Morgan fingerprint density at radius 3 is 2.27 bits per heavy atom. The van der Waals surface area contributed by atoms with Crippen LogP contribution in [0.2, 0.25) is 0 Å². The molecule has 0 aliphatic carbocycles. The lowest BCUT2D eigenvalue weighted by Gasteiger charge is -2.04. The van der Waals surface area contributed by atoms with Crippen LogP contribution in [0, 0.1) is 0 Å². The lowest BCUT2D eigenvalue weighted by molar-refractivity contribution is 0.569. The lowest BCUT2D eigenvalue weighted by Crippen LogP contribution is -2.27. The van der Waals surface area contributed by atoms with Crippen LogP contribution in [0.3, 0.4) is 0 Å². The van der Waals surface area contributed by atoms with Crippen LogP contribution in [0.4, 0.5) is 0 Å². The molecule has 0 unspecified atom stereocenters. The van der Waals surface area contributed by atoms with Gasteiger partial charge in [-0.3, -0.25) is 0 Å². The van der Waals surface area contributed by atoms with E-state index in [9.17, 15) is 8.42 Å². The lowest BCUT2D eigenvalue weighted by atomic mass is 10.1. The summed E-state index contributed by atoms with van der Waals surface area (Å²) in [6.07, 6.45) is 6.99. The van der Waals surface area contributed by atoms with Gasteiger partial charge >= 0.3 is 0 Å². The van der Waals surface area contributed by atoms with Crippen LogP contribution >= 0.6 is 11.6 Å². The average molecular weight is 256 g/mol. The van der Waals surface area contributed by atoms with Crippen LogP contribution < -0.4 is 4.72 Å². The fourth-order valence-electron chi connectivity index (χ4n) is 1.31. The Balaban J connectivity index is 3.31. The highest BCUT2D eigenvalue weighted by Gasteiger charge is 2.06. The molecule has 0 aliphatic heterocycles. The van der Waals surface area contributed by atoms with Gasteiger partial charge in [-0.15, -0.1) is 11.6 Å². The van der Waals surface area contributed by atoms with Crippen molar-refractivity contribution in [3.63, 3.8) is 0 Å². The van der Waals surface area contributed by atoms with Crippen molar-refractivity contribution in [3.05, 3.63) is 0 Å². The van der Waals surface area contributed by atoms with E-state index in [1.165, 1.54) is 25.7 Å². The molecule has 0 aromatic rings. The molecule has 0 atom stereocenters. The van der Waals surface area contributed by atoms with Crippen molar-refractivity contribution in [1.82, 2.24) is 4.72 Å². The number of alkyl halides is 1. The van der Waals surface area contributed by atoms with Gasteiger partial charge < -0.3 is 0 Å². The first-order chi connectivity index (χ1) is 7.12. The highest BCUT2D eigenvalue weighted by Crippen LogP contribution is 2.04. The molecule has 15 heavy (non-hydrogen) atoms. The Labute approximate surface area is 98.6 Å². The number of hydrogen-bond acceptors (Lipinski definition) is 2. The van der Waals surface area contributed by atoms with E-state index in [1.54, 1.807) is 0 Å². The molecular formula is C10H22ClNO2S. The van der Waals surface area contributed by atoms with E-state index in [4.69, 9.17) is 11.6 Å². The van der Waals surface area contributed by atoms with E-state index < -0.39 is 10.0 Å². The van der Waals surface area contributed by atoms with Crippen molar-refractivity contribution in [3.8, 4) is 0 Å². The predicted molar refractivity (Wildman–Crippen MR) is 65.9 cm³/mol. The molecule has 3 nitrogen and oxygen atoms in total. The third-order valence-electron chi connectivity index (χ3n) is 2.20. The first-order valence-corrected chi connectivity index (χ1v) is 7.84. The van der Waals surface area contributed by atoms with E-state index in [-0.39, 0.29) is 11.6 Å². The maximum atomic E-state index is 11.2. The molecule has 0 aromatic heterocycles. The first-order valence-electron chi connectivity index (χ1n) is 5.65. The Morgan fingerprint density at radius 2 is 1.67 bits per heavy atom. The van der Waals surface area contributed by atoms with E-state index in [2.05, 4.69) is 11.6 Å². The van der Waals surface area contributed by atoms with Crippen LogP contribution in [0.1, 0.15) is 45.4 Å². The summed E-state index contributed by atoms with van der Waals surface area (Å²) in [6, 6.07) is 0. The summed E-state index contributed by atoms with van der Waals surface area (Å²) in [7, 11) is -3.11. The molecule has 92 valence electrons. The Kier molecular flexibility index (Phi) is 9.55. The van der Waals surface area contributed by atoms with E-state index in [1.807, 2.05) is 0 Å². The Morgan fingerprint density at radius 1 is 1.07 bits per heavy atom. The van der Waals surface area contributed by atoms with Crippen molar-refractivity contribution in [2.45, 2.75) is 45.4 Å². The molecule has 0 bridgehead atoms. The molecular weight excluding hydrogens is 234 g/mol. The van der Waals surface area contributed by atoms with E-state index in [0.717, 1.165) is 12.8 Å². The highest BCUT2D eigenvalue weighted by atomic mass is 35.5. The summed E-state index contributed by atoms with van der Waals surface area (Å²) >= 11 is 5.36. The van der Waals surface area contributed by atoms with Crippen LogP contribution in [-0.2, 0) is 10.0 Å². The summed E-state index contributed by atoms with van der Waals surface area (Å²) in [5.41, 5.74) is 0. The number of hydrogen-bond donors (Lipinski definition) is 1. The molecule has 0 amide bonds. The second-order valence-electron chi connectivity index (χ2n) is 3.67. The van der Waals surface area contributed by atoms with Gasteiger partial charge in [0.25, 0.3) is 0 Å². The minimum atomic E-state index is -3.11. The molecule has 0 aliphatic rings. The molecule has 0 saturated heterocycles. The van der Waals surface area contributed by atoms with Crippen molar-refractivity contribution < 1.29 is 8.42 Å². The normalized spacial score (nSPS) is 11.9. The van der Waals surface area contributed by atoms with Crippen molar-refractivity contribution in [2.75, 3.05) is 18.2 Å². The Bertz CT molecular complexity index is 230. The van der Waals surface area contributed by atoms with Crippen molar-refractivity contribution >= 4 is 21.6 Å². The number of halogens is 1. The summed E-state index contributed by atoms with van der Waals surface area (Å²) < 4.78 is 24.9. The monoisotopic (exact) mass is 255 g/mol. The largest absolute Gasteiger partial charge is 0.215 e. The molecule has 0 fully saturated rings. The topological polar surface area (TPSA) is 46.2 Å². The third-order valence-corrected chi connectivity index (χ3v) is 4.00. The van der Waals surface area contributed by atoms with Crippen LogP contribution in [0.25, 0.3) is 0 Å². The maximum Gasteiger partial charge on any atom is 0.212 e. The molecule has 0 aromatic carbocycles. The summed E-state index contributed by atoms with van der Waals surface area (Å²) in [5, 5.41) is 0. The van der Waals surface area contributed by atoms with E-state index >= 15 is 0 Å². The van der Waals surface area contributed by atoms with Gasteiger partial charge in [0.05, 0.1) is 5.75 Å². The van der Waals surface area contributed by atoms with Gasteiger partial charge in [-0.25, -0.2) is 13.1 Å². The summed E-state index contributed by atoms with van der Waals surface area (Å²) in [5.74, 6) is 0.177. The van der Waals surface area contributed by atoms with Crippen LogP contribution in [-0.4, -0.2) is 26.6 Å². The minimum Gasteiger partial charge on any atom is -0.215 e. The number of unbranched alkanes of at least 4 members (excludes halogenated alkanes) is 5. The van der Waals surface area contributed by atoms with Gasteiger partial charge in [0.1, 0.15) is 0 Å². The van der Waals surface area contributed by atoms with Gasteiger partial charge in [-0.2, -0.15) is 0 Å². The predicted octanol–water partition coefficient (Wildman–Crippen LogP) is 2.51. The molecule has 0 radical (unpaired) electrons. The first kappa shape index (κ1) is 15.2. The van der Waals surface area contributed by atoms with Crippen molar-refractivity contribution in [1.29, 1.82) is 0 Å². The number of rotatable bonds is 10. The molecule has 0 saturated carbocycles. The second kappa shape index (κ2) is 9.43. The van der Waals surface area contributed by atoms with Gasteiger partial charge in [0.2, 0.25) is 10.0 Å². The number of sulfonamides is 1. The zero-order valence-corrected chi connectivity index (χ0v) is 11.0. The van der Waals surface area contributed by atoms with Gasteiger partial charge in [0, 0.05) is 12.4 Å². The Hall–Kier alpha value is 0.200. The summed E-state index contributed by atoms with van der Waals surface area (Å²) in [4.78, 5) is 0. The van der Waals surface area contributed by atoms with Gasteiger partial charge in [0.15, 0.2) is 0 Å². The molecule has 0 spiro atoms. The van der Waals surface area contributed by atoms with Crippen LogP contribution in [0.5, 0.6) is 0 Å². The molecule has 0 rings (SSSR count). The second-order valence-corrected chi connectivity index (χ2v) is 5.97. The molecule has 1 N–H and O–H groups in total. The number of nitrogens with one attached hydrogen (secondary N) is 1. The van der Waals surface area contributed by atoms with Crippen LogP contribution in [0.15, 0.2) is 0 Å². The molecule has 0 heterocycles. The van der Waals surface area contributed by atoms with E-state index in [0.29, 0.717) is 6.54 Å². The average Bonchev–Trinajstić information content (AvgIpc) is 2.16. The highest BCUT2D eigenvalue weighted by molar-refractivity contribution is 7.89. The quantitative estimate of drug-likeness (QED) is 0.482. The SMILES string of the molecule is CCCCCCCCNS(=O)(=O)CCCl. The third kappa shape index (κ3) is 10.5. The zero-order valence-electron chi connectivity index (χ0n) is 9.47.